The summed E-state index contributed by atoms with van der Waals surface area (Å²) >= 11 is 0. The topological polar surface area (TPSA) is 138 Å². The fraction of sp³-hybridized carbons (Fsp3) is 0.522. The maximum absolute atomic E-state index is 15.6. The number of halogens is 2. The number of nitrogens with two attached hydrogens (primary N) is 1. The van der Waals surface area contributed by atoms with E-state index in [9.17, 15) is 14.3 Å². The molecule has 0 spiro atoms. The minimum atomic E-state index is -0.891. The summed E-state index contributed by atoms with van der Waals surface area (Å²) in [6, 6.07) is 0.617. The van der Waals surface area contributed by atoms with Crippen LogP contribution in [0.3, 0.4) is 0 Å². The third-order valence-corrected chi connectivity index (χ3v) is 7.61. The van der Waals surface area contributed by atoms with Crippen molar-refractivity contribution in [2.45, 2.75) is 56.9 Å². The summed E-state index contributed by atoms with van der Waals surface area (Å²) in [5, 5.41) is 21.5. The van der Waals surface area contributed by atoms with E-state index in [-0.39, 0.29) is 46.3 Å². The number of nitrogens with zero attached hydrogens (tertiary/aromatic N) is 3. The summed E-state index contributed by atoms with van der Waals surface area (Å²) in [4.78, 5) is 24.4. The molecule has 4 aliphatic rings. The number of aliphatic carboxylic acids is 1. The molecular weight excluding hydrogens is 430 g/mol. The minimum Gasteiger partial charge on any atom is -0.481 e. The van der Waals surface area contributed by atoms with Gasteiger partial charge in [0.05, 0.1) is 17.8 Å². The van der Waals surface area contributed by atoms with Crippen molar-refractivity contribution in [2.75, 3.05) is 11.1 Å². The number of anilines is 2. The first-order valence-electron chi connectivity index (χ1n) is 11.3. The molecule has 0 aliphatic heterocycles. The van der Waals surface area contributed by atoms with Crippen LogP contribution < -0.4 is 11.1 Å². The van der Waals surface area contributed by atoms with E-state index in [0.29, 0.717) is 0 Å². The van der Waals surface area contributed by atoms with Crippen LogP contribution in [0.4, 0.5) is 20.4 Å². The monoisotopic (exact) mass is 456 g/mol. The second kappa shape index (κ2) is 7.71. The predicted octanol–water partition coefficient (Wildman–Crippen LogP) is 3.50. The highest BCUT2D eigenvalue weighted by atomic mass is 19.1. The van der Waals surface area contributed by atoms with Crippen LogP contribution >= 0.6 is 0 Å². The van der Waals surface area contributed by atoms with E-state index in [1.807, 2.05) is 6.92 Å². The van der Waals surface area contributed by atoms with Gasteiger partial charge in [0, 0.05) is 17.0 Å². The zero-order valence-corrected chi connectivity index (χ0v) is 18.2. The number of carboxylic acids is 1. The molecule has 0 aromatic carbocycles. The zero-order valence-electron chi connectivity index (χ0n) is 18.2. The van der Waals surface area contributed by atoms with Crippen LogP contribution in [0.1, 0.15) is 62.5 Å². The molecular formula is C23H26F2N6O2. The lowest BCUT2D eigenvalue weighted by Crippen LogP contribution is -2.51. The maximum atomic E-state index is 15.6. The Bertz CT molecular complexity index is 1140. The molecule has 4 aliphatic carbocycles. The Morgan fingerprint density at radius 1 is 1.21 bits per heavy atom. The van der Waals surface area contributed by atoms with E-state index in [4.69, 9.17) is 11.1 Å². The quantitative estimate of drug-likeness (QED) is 0.488. The molecule has 2 bridgehead atoms. The third kappa shape index (κ3) is 3.71. The van der Waals surface area contributed by atoms with E-state index in [0.717, 1.165) is 50.8 Å². The van der Waals surface area contributed by atoms with Crippen LogP contribution in [-0.4, -0.2) is 37.8 Å². The first kappa shape index (κ1) is 21.7. The van der Waals surface area contributed by atoms with E-state index in [1.54, 1.807) is 0 Å². The van der Waals surface area contributed by atoms with Gasteiger partial charge in [-0.15, -0.1) is 0 Å². The Morgan fingerprint density at radius 2 is 1.88 bits per heavy atom. The minimum absolute atomic E-state index is 0.0135. The number of pyridine rings is 1. The van der Waals surface area contributed by atoms with Gasteiger partial charge in [-0.05, 0) is 56.4 Å². The van der Waals surface area contributed by atoms with Crippen molar-refractivity contribution < 1.29 is 18.7 Å². The second-order valence-corrected chi connectivity index (χ2v) is 9.79. The van der Waals surface area contributed by atoms with Gasteiger partial charge in [0.25, 0.3) is 0 Å². The average Bonchev–Trinajstić information content (AvgIpc) is 3.55. The molecule has 0 saturated heterocycles. The Kier molecular flexibility index (Phi) is 5.06. The normalized spacial score (nSPS) is 27.2. The van der Waals surface area contributed by atoms with Crippen molar-refractivity contribution in [1.82, 2.24) is 15.0 Å². The predicted molar refractivity (Wildman–Crippen MR) is 117 cm³/mol. The lowest BCUT2D eigenvalue weighted by atomic mass is 9.61. The number of hydrogen-bond acceptors (Lipinski definition) is 7. The fourth-order valence-corrected chi connectivity index (χ4v) is 5.42. The summed E-state index contributed by atoms with van der Waals surface area (Å²) in [6.07, 6.45) is 5.92. The molecule has 0 radical (unpaired) electrons. The van der Waals surface area contributed by atoms with Gasteiger partial charge in [-0.2, -0.15) is 0 Å². The molecule has 5 N–H and O–H groups in total. The number of aromatic nitrogens is 3. The van der Waals surface area contributed by atoms with Crippen molar-refractivity contribution in [3.05, 3.63) is 41.0 Å². The molecule has 6 rings (SSSR count). The van der Waals surface area contributed by atoms with Gasteiger partial charge in [0.1, 0.15) is 17.3 Å². The number of hydrogen-bond donors (Lipinski definition) is 4. The lowest BCUT2D eigenvalue weighted by Gasteiger charge is -2.47. The molecule has 2 atom stereocenters. The maximum Gasteiger partial charge on any atom is 0.308 e. The highest BCUT2D eigenvalue weighted by molar-refractivity contribution is 6.11. The first-order valence-corrected chi connectivity index (χ1v) is 11.3. The van der Waals surface area contributed by atoms with E-state index in [2.05, 4.69) is 20.3 Å². The smallest absolute Gasteiger partial charge is 0.308 e. The molecule has 2 aromatic rings. The Hall–Kier alpha value is -3.17. The molecule has 0 amide bonds. The highest BCUT2D eigenvalue weighted by Crippen LogP contribution is 2.49. The summed E-state index contributed by atoms with van der Waals surface area (Å²) in [6.45, 7) is 1.89. The van der Waals surface area contributed by atoms with Crippen molar-refractivity contribution >= 4 is 23.3 Å². The number of nitrogens with one attached hydrogen (secondary N) is 2. The molecule has 8 nitrogen and oxygen atoms in total. The molecule has 0 unspecified atom stereocenters. The van der Waals surface area contributed by atoms with Crippen molar-refractivity contribution in [1.29, 1.82) is 5.41 Å². The van der Waals surface area contributed by atoms with Crippen LogP contribution in [-0.2, 0) is 10.2 Å². The number of nitrogen functional groups attached to an aromatic ring is 1. The summed E-state index contributed by atoms with van der Waals surface area (Å²) < 4.78 is 29.4. The van der Waals surface area contributed by atoms with Crippen LogP contribution in [0.25, 0.3) is 0 Å². The average molecular weight is 456 g/mol. The number of carbonyl (C=O) groups is 1. The molecule has 4 fully saturated rings. The van der Waals surface area contributed by atoms with Gasteiger partial charge in [0.2, 0.25) is 0 Å². The van der Waals surface area contributed by atoms with E-state index >= 15 is 4.39 Å². The van der Waals surface area contributed by atoms with Crippen molar-refractivity contribution in [3.63, 3.8) is 0 Å². The molecule has 2 heterocycles. The van der Waals surface area contributed by atoms with Crippen LogP contribution in [0.15, 0.2) is 12.3 Å². The lowest BCUT2D eigenvalue weighted by molar-refractivity contribution is -0.148. The standard InChI is InChI=1S/C23H26F2N6O2/c1-23(6-7-23)18-15(25)20(29-17-11-4-2-10(3-5-11)14(17)22(32)33)31-21(30-18)16(26)13-8-12(24)9-28-19(13)27/h8-11,14,17,26H,2-7H2,1H3,(H2,27,28)(H,32,33)(H,29,30,31)/t10?,11?,14-,17-/m0/s1. The fourth-order valence-electron chi connectivity index (χ4n) is 5.42. The SMILES string of the molecule is CC1(c2nc(C(=N)c3cc(F)cnc3N)nc(N[C@H]3C4CCC(CC4)[C@@H]3C(=O)O)c2F)CC1. The molecule has 10 heteroatoms. The Balaban J connectivity index is 1.57. The van der Waals surface area contributed by atoms with Crippen molar-refractivity contribution in [3.8, 4) is 0 Å². The Labute approximate surface area is 189 Å². The van der Waals surface area contributed by atoms with Gasteiger partial charge in [-0.25, -0.2) is 23.7 Å². The Morgan fingerprint density at radius 3 is 2.52 bits per heavy atom. The molecule has 33 heavy (non-hydrogen) atoms. The van der Waals surface area contributed by atoms with Crippen LogP contribution in [0.2, 0.25) is 0 Å². The highest BCUT2D eigenvalue weighted by Gasteiger charge is 2.49. The summed E-state index contributed by atoms with van der Waals surface area (Å²) in [7, 11) is 0. The van der Waals surface area contributed by atoms with Gasteiger partial charge < -0.3 is 16.2 Å². The number of fused-ring (bicyclic) bond motifs is 3. The van der Waals surface area contributed by atoms with Gasteiger partial charge >= 0.3 is 5.97 Å². The zero-order chi connectivity index (χ0) is 23.5. The summed E-state index contributed by atoms with van der Waals surface area (Å²) in [5.41, 5.74) is 5.28. The van der Waals surface area contributed by atoms with E-state index in [1.165, 1.54) is 0 Å². The van der Waals surface area contributed by atoms with Gasteiger partial charge in [-0.1, -0.05) is 6.92 Å². The second-order valence-electron chi connectivity index (χ2n) is 9.79. The number of carboxylic acid groups (broad SMARTS) is 1. The van der Waals surface area contributed by atoms with Crippen LogP contribution in [0, 0.1) is 34.8 Å². The number of rotatable bonds is 6. The van der Waals surface area contributed by atoms with E-state index < -0.39 is 35.0 Å². The molecule has 174 valence electrons. The van der Waals surface area contributed by atoms with Crippen LogP contribution in [0.5, 0.6) is 0 Å². The van der Waals surface area contributed by atoms with Crippen molar-refractivity contribution in [2.24, 2.45) is 17.8 Å². The van der Waals surface area contributed by atoms with Gasteiger partial charge in [0.15, 0.2) is 17.5 Å². The summed E-state index contributed by atoms with van der Waals surface area (Å²) in [5.74, 6) is -2.92. The molecule has 4 saturated carbocycles. The third-order valence-electron chi connectivity index (χ3n) is 7.61. The largest absolute Gasteiger partial charge is 0.481 e. The first-order chi connectivity index (χ1) is 15.7. The molecule has 2 aromatic heterocycles. The van der Waals surface area contributed by atoms with Gasteiger partial charge in [-0.3, -0.25) is 10.2 Å².